The molecule has 0 fully saturated rings. The molecule has 45 heavy (non-hydrogen) atoms. The number of nitrogens with zero attached hydrogens (tertiary/aromatic N) is 2. The number of ether oxygens (including phenoxy) is 1. The molecule has 4 aromatic carbocycles. The van der Waals surface area contributed by atoms with Crippen molar-refractivity contribution in [3.63, 3.8) is 0 Å². The van der Waals surface area contributed by atoms with Crippen LogP contribution in [0.15, 0.2) is 114 Å². The van der Waals surface area contributed by atoms with Crippen molar-refractivity contribution in [3.8, 4) is 5.75 Å². The van der Waals surface area contributed by atoms with E-state index in [4.69, 9.17) is 4.74 Å². The third kappa shape index (κ3) is 8.73. The molecule has 8 nitrogen and oxygen atoms in total. The third-order valence-electron chi connectivity index (χ3n) is 7.72. The number of hydrogen-bond acceptors (Lipinski definition) is 5. The van der Waals surface area contributed by atoms with Crippen molar-refractivity contribution in [1.29, 1.82) is 0 Å². The van der Waals surface area contributed by atoms with Crippen molar-refractivity contribution in [1.82, 2.24) is 10.2 Å². The van der Waals surface area contributed by atoms with Crippen LogP contribution >= 0.6 is 0 Å². The van der Waals surface area contributed by atoms with Gasteiger partial charge in [0.2, 0.25) is 11.8 Å². The maximum atomic E-state index is 14.5. The summed E-state index contributed by atoms with van der Waals surface area (Å²) in [6, 6.07) is 30.8. The van der Waals surface area contributed by atoms with Crippen LogP contribution in [0.1, 0.15) is 37.0 Å². The molecule has 9 heteroatoms. The van der Waals surface area contributed by atoms with Gasteiger partial charge in [0.05, 0.1) is 17.7 Å². The standard InChI is InChI=1S/C36H41N3O5S/c1-5-28(3)37-36(41)34(24-29-12-8-6-9-13-29)38(25-30-18-16-27(2)17-19-30)35(40)26-39(31-20-22-32(44-4)23-21-31)45(42,43)33-14-10-7-11-15-33/h6-23,28,34H,5,24-26H2,1-4H3,(H,37,41)/t28-,34-/m1/s1. The van der Waals surface area contributed by atoms with E-state index in [0.29, 0.717) is 11.4 Å². The van der Waals surface area contributed by atoms with Crippen LogP contribution in [0.2, 0.25) is 0 Å². The van der Waals surface area contributed by atoms with E-state index in [1.54, 1.807) is 42.5 Å². The SMILES string of the molecule is CC[C@@H](C)NC(=O)[C@@H](Cc1ccccc1)N(Cc1ccc(C)cc1)C(=O)CN(c1ccc(OC)cc1)S(=O)(=O)c1ccccc1. The number of amides is 2. The molecule has 0 saturated heterocycles. The first-order chi connectivity index (χ1) is 21.6. The molecule has 0 radical (unpaired) electrons. The molecule has 0 aliphatic carbocycles. The Morgan fingerprint density at radius 2 is 1.42 bits per heavy atom. The summed E-state index contributed by atoms with van der Waals surface area (Å²) >= 11 is 0. The van der Waals surface area contributed by atoms with Crippen LogP contribution in [0.25, 0.3) is 0 Å². The molecule has 2 amide bonds. The molecule has 0 bridgehead atoms. The fourth-order valence-corrected chi connectivity index (χ4v) is 6.32. The Hall–Kier alpha value is -4.63. The molecule has 0 saturated carbocycles. The summed E-state index contributed by atoms with van der Waals surface area (Å²) in [4.78, 5) is 30.0. The fourth-order valence-electron chi connectivity index (χ4n) is 4.88. The number of hydrogen-bond donors (Lipinski definition) is 1. The quantitative estimate of drug-likeness (QED) is 0.192. The van der Waals surface area contributed by atoms with Gasteiger partial charge in [0.25, 0.3) is 10.0 Å². The second-order valence-electron chi connectivity index (χ2n) is 11.1. The predicted octanol–water partition coefficient (Wildman–Crippen LogP) is 5.75. The monoisotopic (exact) mass is 627 g/mol. The highest BCUT2D eigenvalue weighted by molar-refractivity contribution is 7.92. The first-order valence-electron chi connectivity index (χ1n) is 15.0. The molecular weight excluding hydrogens is 586 g/mol. The molecule has 0 aliphatic heterocycles. The van der Waals surface area contributed by atoms with Gasteiger partial charge in [-0.05, 0) is 67.8 Å². The summed E-state index contributed by atoms with van der Waals surface area (Å²) in [6.45, 7) is 5.48. The average molecular weight is 628 g/mol. The lowest BCUT2D eigenvalue weighted by atomic mass is 10.0. The second kappa shape index (κ2) is 15.4. The maximum Gasteiger partial charge on any atom is 0.264 e. The molecular formula is C36H41N3O5S. The van der Waals surface area contributed by atoms with Crippen molar-refractivity contribution >= 4 is 27.5 Å². The molecule has 236 valence electrons. The Balaban J connectivity index is 1.79. The van der Waals surface area contributed by atoms with Gasteiger partial charge in [-0.3, -0.25) is 13.9 Å². The molecule has 4 aromatic rings. The normalized spacial score (nSPS) is 12.5. The van der Waals surface area contributed by atoms with Crippen molar-refractivity contribution in [3.05, 3.63) is 126 Å². The van der Waals surface area contributed by atoms with Crippen molar-refractivity contribution in [2.75, 3.05) is 18.0 Å². The Labute approximate surface area is 266 Å². The lowest BCUT2D eigenvalue weighted by Gasteiger charge is -2.34. The first-order valence-corrected chi connectivity index (χ1v) is 16.5. The van der Waals surface area contributed by atoms with E-state index in [1.807, 2.05) is 75.4 Å². The van der Waals surface area contributed by atoms with Crippen LogP contribution < -0.4 is 14.4 Å². The lowest BCUT2D eigenvalue weighted by Crippen LogP contribution is -2.54. The van der Waals surface area contributed by atoms with Gasteiger partial charge >= 0.3 is 0 Å². The number of nitrogens with one attached hydrogen (secondary N) is 1. The fraction of sp³-hybridized carbons (Fsp3) is 0.278. The number of anilines is 1. The first kappa shape index (κ1) is 33.3. The smallest absolute Gasteiger partial charge is 0.264 e. The summed E-state index contributed by atoms with van der Waals surface area (Å²) < 4.78 is 34.5. The van der Waals surface area contributed by atoms with E-state index in [1.165, 1.54) is 24.1 Å². The van der Waals surface area contributed by atoms with Gasteiger partial charge in [-0.25, -0.2) is 8.42 Å². The van der Waals surface area contributed by atoms with Gasteiger partial charge in [-0.15, -0.1) is 0 Å². The minimum absolute atomic E-state index is 0.0500. The predicted molar refractivity (Wildman–Crippen MR) is 178 cm³/mol. The Morgan fingerprint density at radius 3 is 2.00 bits per heavy atom. The molecule has 0 unspecified atom stereocenters. The molecule has 2 atom stereocenters. The maximum absolute atomic E-state index is 14.5. The van der Waals surface area contributed by atoms with E-state index in [2.05, 4.69) is 5.32 Å². The van der Waals surface area contributed by atoms with Crippen LogP contribution in [0.4, 0.5) is 5.69 Å². The van der Waals surface area contributed by atoms with Crippen LogP contribution in [0, 0.1) is 6.92 Å². The molecule has 0 spiro atoms. The Bertz CT molecular complexity index is 1640. The topological polar surface area (TPSA) is 96.0 Å². The van der Waals surface area contributed by atoms with Gasteiger partial charge in [0.15, 0.2) is 0 Å². The average Bonchev–Trinajstić information content (AvgIpc) is 3.06. The number of carbonyl (C=O) groups excluding carboxylic acids is 2. The van der Waals surface area contributed by atoms with Crippen LogP contribution in [0.5, 0.6) is 5.75 Å². The van der Waals surface area contributed by atoms with Gasteiger partial charge in [-0.1, -0.05) is 85.3 Å². The zero-order chi connectivity index (χ0) is 32.4. The van der Waals surface area contributed by atoms with E-state index in [-0.39, 0.29) is 29.8 Å². The van der Waals surface area contributed by atoms with Crippen molar-refractivity contribution in [2.45, 2.75) is 57.1 Å². The summed E-state index contributed by atoms with van der Waals surface area (Å²) in [5.74, 6) is -0.255. The molecule has 0 aliphatic rings. The number of aryl methyl sites for hydroxylation is 1. The van der Waals surface area contributed by atoms with Crippen LogP contribution in [-0.4, -0.2) is 50.9 Å². The van der Waals surface area contributed by atoms with Gasteiger partial charge in [0, 0.05) is 19.0 Å². The van der Waals surface area contributed by atoms with Crippen LogP contribution in [0.3, 0.4) is 0 Å². The Morgan fingerprint density at radius 1 is 0.822 bits per heavy atom. The number of carbonyl (C=O) groups is 2. The highest BCUT2D eigenvalue weighted by atomic mass is 32.2. The van der Waals surface area contributed by atoms with E-state index in [9.17, 15) is 18.0 Å². The largest absolute Gasteiger partial charge is 0.497 e. The zero-order valence-electron chi connectivity index (χ0n) is 26.2. The summed E-state index contributed by atoms with van der Waals surface area (Å²) in [6.07, 6.45) is 0.977. The zero-order valence-corrected chi connectivity index (χ0v) is 27.0. The van der Waals surface area contributed by atoms with E-state index < -0.39 is 28.5 Å². The van der Waals surface area contributed by atoms with E-state index >= 15 is 0 Å². The van der Waals surface area contributed by atoms with Gasteiger partial charge in [-0.2, -0.15) is 0 Å². The second-order valence-corrected chi connectivity index (χ2v) is 12.9. The van der Waals surface area contributed by atoms with Crippen molar-refractivity contribution in [2.24, 2.45) is 0 Å². The molecule has 1 N–H and O–H groups in total. The summed E-state index contributed by atoms with van der Waals surface area (Å²) in [5.41, 5.74) is 3.07. The minimum atomic E-state index is -4.16. The van der Waals surface area contributed by atoms with E-state index in [0.717, 1.165) is 27.4 Å². The lowest BCUT2D eigenvalue weighted by molar-refractivity contribution is -0.140. The molecule has 0 heterocycles. The summed E-state index contributed by atoms with van der Waals surface area (Å²) in [5, 5.41) is 3.06. The Kier molecular flexibility index (Phi) is 11.4. The molecule has 0 aromatic heterocycles. The van der Waals surface area contributed by atoms with Crippen LogP contribution in [-0.2, 0) is 32.6 Å². The number of rotatable bonds is 14. The highest BCUT2D eigenvalue weighted by Crippen LogP contribution is 2.27. The molecule has 4 rings (SSSR count). The number of sulfonamides is 1. The summed E-state index contributed by atoms with van der Waals surface area (Å²) in [7, 11) is -2.64. The van der Waals surface area contributed by atoms with Gasteiger partial charge < -0.3 is 15.0 Å². The minimum Gasteiger partial charge on any atom is -0.497 e. The van der Waals surface area contributed by atoms with Gasteiger partial charge in [0.1, 0.15) is 18.3 Å². The highest BCUT2D eigenvalue weighted by Gasteiger charge is 2.35. The number of methoxy groups -OCH3 is 1. The number of benzene rings is 4. The third-order valence-corrected chi connectivity index (χ3v) is 9.50. The van der Waals surface area contributed by atoms with Crippen molar-refractivity contribution < 1.29 is 22.7 Å².